The number of nitrogens with two attached hydrogens (primary N) is 1. The standard InChI is InChI=1S/C10H20FN3O3/c1-7(14-17)13-6-8(11)4-3-5-10(2,12)9(15)16/h4,7,13-14,17H,3,5-6,12H2,1-2H3,(H,15,16)/b8-4+/t7?,10-/m0/s1. The fraction of sp³-hybridized carbons (Fsp3) is 0.700. The van der Waals surface area contributed by atoms with Gasteiger partial charge in [0, 0.05) is 6.54 Å². The Balaban J connectivity index is 3.96. The van der Waals surface area contributed by atoms with Crippen molar-refractivity contribution < 1.29 is 19.5 Å². The fourth-order valence-corrected chi connectivity index (χ4v) is 1.00. The molecule has 0 radical (unpaired) electrons. The van der Waals surface area contributed by atoms with Crippen LogP contribution in [-0.2, 0) is 4.79 Å². The molecule has 0 aliphatic carbocycles. The van der Waals surface area contributed by atoms with Gasteiger partial charge in [-0.1, -0.05) is 6.08 Å². The number of hydrogen-bond donors (Lipinski definition) is 5. The molecule has 0 amide bonds. The first-order valence-electron chi connectivity index (χ1n) is 5.29. The van der Waals surface area contributed by atoms with Crippen LogP contribution >= 0.6 is 0 Å². The van der Waals surface area contributed by atoms with Crippen LogP contribution in [0, 0.1) is 0 Å². The second-order valence-electron chi connectivity index (χ2n) is 4.14. The van der Waals surface area contributed by atoms with Gasteiger partial charge in [0.1, 0.15) is 11.4 Å². The number of carboxylic acids is 1. The third-order valence-electron chi connectivity index (χ3n) is 2.29. The number of hydroxylamine groups is 1. The maximum atomic E-state index is 13.2. The number of carboxylic acid groups (broad SMARTS) is 1. The molecule has 0 heterocycles. The molecule has 2 atom stereocenters. The lowest BCUT2D eigenvalue weighted by molar-refractivity contribution is -0.142. The second-order valence-corrected chi connectivity index (χ2v) is 4.14. The van der Waals surface area contributed by atoms with Crippen molar-refractivity contribution in [1.82, 2.24) is 10.8 Å². The molecule has 6 N–H and O–H groups in total. The van der Waals surface area contributed by atoms with Crippen LogP contribution in [-0.4, -0.2) is 34.5 Å². The molecule has 17 heavy (non-hydrogen) atoms. The van der Waals surface area contributed by atoms with Crippen LogP contribution in [0.2, 0.25) is 0 Å². The van der Waals surface area contributed by atoms with Gasteiger partial charge in [0.05, 0.1) is 6.17 Å². The van der Waals surface area contributed by atoms with E-state index >= 15 is 0 Å². The van der Waals surface area contributed by atoms with E-state index in [-0.39, 0.29) is 19.4 Å². The summed E-state index contributed by atoms with van der Waals surface area (Å²) in [6.07, 6.45) is 1.26. The molecule has 0 saturated heterocycles. The number of aliphatic carboxylic acids is 1. The predicted octanol–water partition coefficient (Wildman–Crippen LogP) is 0.336. The smallest absolute Gasteiger partial charge is 0.323 e. The molecule has 0 bridgehead atoms. The van der Waals surface area contributed by atoms with Gasteiger partial charge < -0.3 is 16.0 Å². The number of allylic oxidation sites excluding steroid dienone is 1. The van der Waals surface area contributed by atoms with Crippen LogP contribution in [0.5, 0.6) is 0 Å². The highest BCUT2D eigenvalue weighted by Gasteiger charge is 2.26. The molecule has 6 nitrogen and oxygen atoms in total. The maximum Gasteiger partial charge on any atom is 0.323 e. The summed E-state index contributed by atoms with van der Waals surface area (Å²) in [5.74, 6) is -1.53. The van der Waals surface area contributed by atoms with Crippen molar-refractivity contribution in [2.45, 2.75) is 38.4 Å². The molecule has 1 unspecified atom stereocenters. The van der Waals surface area contributed by atoms with E-state index in [1.54, 1.807) is 6.92 Å². The summed E-state index contributed by atoms with van der Waals surface area (Å²) in [6.45, 7) is 2.97. The zero-order valence-electron chi connectivity index (χ0n) is 10.0. The molecule has 0 aromatic carbocycles. The van der Waals surface area contributed by atoms with E-state index in [9.17, 15) is 9.18 Å². The number of halogens is 1. The Morgan fingerprint density at radius 3 is 2.71 bits per heavy atom. The molecule has 0 spiro atoms. The number of nitrogens with one attached hydrogen (secondary N) is 2. The van der Waals surface area contributed by atoms with Crippen LogP contribution < -0.4 is 16.5 Å². The SMILES string of the molecule is CC(NO)NC/C(F)=C\CC[C@](C)(N)C(=O)O. The topological polar surface area (TPSA) is 108 Å². The maximum absolute atomic E-state index is 13.2. The first kappa shape index (κ1) is 16.0. The van der Waals surface area contributed by atoms with Crippen molar-refractivity contribution in [2.75, 3.05) is 6.54 Å². The summed E-state index contributed by atoms with van der Waals surface area (Å²) in [5, 5.41) is 19.8. The highest BCUT2D eigenvalue weighted by atomic mass is 19.1. The normalized spacial score (nSPS) is 17.6. The van der Waals surface area contributed by atoms with Crippen LogP contribution in [0.3, 0.4) is 0 Å². The summed E-state index contributed by atoms with van der Waals surface area (Å²) in [7, 11) is 0. The van der Waals surface area contributed by atoms with Gasteiger partial charge in [0.2, 0.25) is 0 Å². The molecule has 0 aromatic heterocycles. The van der Waals surface area contributed by atoms with E-state index < -0.39 is 23.5 Å². The average molecular weight is 249 g/mol. The van der Waals surface area contributed by atoms with Crippen molar-refractivity contribution in [2.24, 2.45) is 5.73 Å². The molecule has 100 valence electrons. The number of rotatable bonds is 8. The van der Waals surface area contributed by atoms with Crippen LogP contribution in [0.4, 0.5) is 4.39 Å². The van der Waals surface area contributed by atoms with Gasteiger partial charge in [-0.25, -0.2) is 4.39 Å². The summed E-state index contributed by atoms with van der Waals surface area (Å²) in [4.78, 5) is 10.7. The molecular weight excluding hydrogens is 229 g/mol. The molecular formula is C10H20FN3O3. The largest absolute Gasteiger partial charge is 0.480 e. The van der Waals surface area contributed by atoms with Gasteiger partial charge in [0.25, 0.3) is 0 Å². The monoisotopic (exact) mass is 249 g/mol. The van der Waals surface area contributed by atoms with Gasteiger partial charge >= 0.3 is 5.97 Å². The van der Waals surface area contributed by atoms with Crippen molar-refractivity contribution >= 4 is 5.97 Å². The molecule has 0 aromatic rings. The summed E-state index contributed by atoms with van der Waals surface area (Å²) >= 11 is 0. The zero-order valence-corrected chi connectivity index (χ0v) is 10.0. The molecule has 0 aliphatic heterocycles. The molecule has 0 saturated carbocycles. The van der Waals surface area contributed by atoms with Crippen molar-refractivity contribution in [3.05, 3.63) is 11.9 Å². The van der Waals surface area contributed by atoms with Crippen molar-refractivity contribution in [3.8, 4) is 0 Å². The lowest BCUT2D eigenvalue weighted by atomic mass is 9.97. The minimum absolute atomic E-state index is 0.0386. The van der Waals surface area contributed by atoms with Gasteiger partial charge in [-0.15, -0.1) is 0 Å². The van der Waals surface area contributed by atoms with E-state index in [0.717, 1.165) is 0 Å². The first-order valence-corrected chi connectivity index (χ1v) is 5.29. The molecule has 0 fully saturated rings. The molecule has 7 heteroatoms. The minimum atomic E-state index is -1.34. The van der Waals surface area contributed by atoms with Crippen LogP contribution in [0.1, 0.15) is 26.7 Å². The predicted molar refractivity (Wildman–Crippen MR) is 61.0 cm³/mol. The molecule has 0 rings (SSSR count). The third kappa shape index (κ3) is 7.01. The van der Waals surface area contributed by atoms with Crippen LogP contribution in [0.25, 0.3) is 0 Å². The highest BCUT2D eigenvalue weighted by Crippen LogP contribution is 2.11. The Bertz CT molecular complexity index is 282. The van der Waals surface area contributed by atoms with E-state index in [1.165, 1.54) is 13.0 Å². The van der Waals surface area contributed by atoms with Gasteiger partial charge in [0.15, 0.2) is 0 Å². The fourth-order valence-electron chi connectivity index (χ4n) is 1.00. The summed E-state index contributed by atoms with van der Waals surface area (Å²) in [5.41, 5.74) is 6.05. The lowest BCUT2D eigenvalue weighted by Crippen LogP contribution is -2.44. The van der Waals surface area contributed by atoms with Crippen LogP contribution in [0.15, 0.2) is 11.9 Å². The first-order chi connectivity index (χ1) is 7.79. The van der Waals surface area contributed by atoms with Gasteiger partial charge in [-0.05, 0) is 26.7 Å². The van der Waals surface area contributed by atoms with E-state index in [1.807, 2.05) is 5.48 Å². The Morgan fingerprint density at radius 2 is 2.24 bits per heavy atom. The highest BCUT2D eigenvalue weighted by molar-refractivity contribution is 5.77. The van der Waals surface area contributed by atoms with Crippen molar-refractivity contribution in [1.29, 1.82) is 0 Å². The Kier molecular flexibility index (Phi) is 6.89. The van der Waals surface area contributed by atoms with Gasteiger partial charge in [-0.3, -0.25) is 10.1 Å². The number of carbonyl (C=O) groups is 1. The van der Waals surface area contributed by atoms with E-state index in [2.05, 4.69) is 5.32 Å². The van der Waals surface area contributed by atoms with Gasteiger partial charge in [-0.2, -0.15) is 5.48 Å². The Hall–Kier alpha value is -1.02. The number of hydrogen-bond acceptors (Lipinski definition) is 5. The minimum Gasteiger partial charge on any atom is -0.480 e. The van der Waals surface area contributed by atoms with E-state index in [0.29, 0.717) is 0 Å². The van der Waals surface area contributed by atoms with E-state index in [4.69, 9.17) is 16.0 Å². The zero-order chi connectivity index (χ0) is 13.5. The lowest BCUT2D eigenvalue weighted by Gasteiger charge is -2.17. The Morgan fingerprint density at radius 1 is 1.65 bits per heavy atom. The average Bonchev–Trinajstić information content (AvgIpc) is 2.25. The quantitative estimate of drug-likeness (QED) is 0.313. The molecule has 0 aliphatic rings. The summed E-state index contributed by atoms with van der Waals surface area (Å²) in [6, 6.07) is 0. The summed E-state index contributed by atoms with van der Waals surface area (Å²) < 4.78 is 13.2. The Labute approximate surface area is 99.6 Å². The second kappa shape index (κ2) is 7.33. The van der Waals surface area contributed by atoms with Crippen molar-refractivity contribution in [3.63, 3.8) is 0 Å². The third-order valence-corrected chi connectivity index (χ3v) is 2.29.